The highest BCUT2D eigenvalue weighted by atomic mass is 32.1. The summed E-state index contributed by atoms with van der Waals surface area (Å²) in [6, 6.07) is 5.39. The molecule has 0 fully saturated rings. The molecular formula is C24H25NO6S. The quantitative estimate of drug-likeness (QED) is 0.519. The number of ketones is 1. The van der Waals surface area contributed by atoms with Gasteiger partial charge in [0.2, 0.25) is 0 Å². The first-order valence-electron chi connectivity index (χ1n) is 10.6. The van der Waals surface area contributed by atoms with Crippen LogP contribution < -0.4 is 5.32 Å². The summed E-state index contributed by atoms with van der Waals surface area (Å²) >= 11 is 1.48. The SMILES string of the molecule is CCOC(=O)C1=C(C)NC2=C(C(=O)C(C(=O)OCC)C(c3ccco3)C2)C1c1ccsc1. The molecule has 3 heterocycles. The lowest BCUT2D eigenvalue weighted by Crippen LogP contribution is -2.43. The summed E-state index contributed by atoms with van der Waals surface area (Å²) in [5, 5.41) is 7.08. The Morgan fingerprint density at radius 1 is 1.22 bits per heavy atom. The number of carbonyl (C=O) groups is 3. The molecule has 3 unspecified atom stereocenters. The fourth-order valence-corrected chi connectivity index (χ4v) is 5.24. The largest absolute Gasteiger partial charge is 0.469 e. The van der Waals surface area contributed by atoms with Crippen LogP contribution in [0, 0.1) is 5.92 Å². The lowest BCUT2D eigenvalue weighted by atomic mass is 9.68. The molecule has 0 radical (unpaired) electrons. The van der Waals surface area contributed by atoms with Crippen molar-refractivity contribution in [1.29, 1.82) is 0 Å². The highest BCUT2D eigenvalue weighted by Crippen LogP contribution is 2.48. The number of Topliss-reactive ketones (excluding diaryl/α,β-unsaturated/α-hetero) is 1. The van der Waals surface area contributed by atoms with Gasteiger partial charge in [-0.25, -0.2) is 4.79 Å². The summed E-state index contributed by atoms with van der Waals surface area (Å²) in [4.78, 5) is 39.8. The van der Waals surface area contributed by atoms with Gasteiger partial charge in [-0.15, -0.1) is 0 Å². The number of allylic oxidation sites excluding steroid dienone is 3. The maximum atomic E-state index is 13.9. The summed E-state index contributed by atoms with van der Waals surface area (Å²) in [5.74, 6) is -3.03. The molecule has 0 bridgehead atoms. The number of thiophene rings is 1. The van der Waals surface area contributed by atoms with Crippen LogP contribution in [0.4, 0.5) is 0 Å². The van der Waals surface area contributed by atoms with Crippen LogP contribution in [0.2, 0.25) is 0 Å². The second-order valence-electron chi connectivity index (χ2n) is 7.69. The molecule has 0 aromatic carbocycles. The van der Waals surface area contributed by atoms with Gasteiger partial charge in [0.15, 0.2) is 5.78 Å². The molecule has 0 amide bonds. The van der Waals surface area contributed by atoms with Crippen LogP contribution in [0.5, 0.6) is 0 Å². The number of carbonyl (C=O) groups excluding carboxylic acids is 3. The Labute approximate surface area is 190 Å². The number of hydrogen-bond donors (Lipinski definition) is 1. The molecule has 0 saturated heterocycles. The number of furan rings is 1. The Morgan fingerprint density at radius 3 is 2.62 bits per heavy atom. The topological polar surface area (TPSA) is 94.8 Å². The van der Waals surface area contributed by atoms with Gasteiger partial charge >= 0.3 is 11.9 Å². The average Bonchev–Trinajstić information content (AvgIpc) is 3.47. The van der Waals surface area contributed by atoms with Crippen molar-refractivity contribution in [3.05, 3.63) is 69.1 Å². The van der Waals surface area contributed by atoms with Crippen LogP contribution in [-0.4, -0.2) is 30.9 Å². The second kappa shape index (κ2) is 9.16. The maximum Gasteiger partial charge on any atom is 0.336 e. The second-order valence-corrected chi connectivity index (χ2v) is 8.47. The third kappa shape index (κ3) is 3.79. The number of hydrogen-bond acceptors (Lipinski definition) is 8. The van der Waals surface area contributed by atoms with Gasteiger partial charge in [-0.05, 0) is 61.7 Å². The molecule has 7 nitrogen and oxygen atoms in total. The van der Waals surface area contributed by atoms with Gasteiger partial charge in [-0.2, -0.15) is 11.3 Å². The Kier molecular flexibility index (Phi) is 6.32. The van der Waals surface area contributed by atoms with Crippen molar-refractivity contribution in [3.8, 4) is 0 Å². The molecule has 2 aromatic heterocycles. The van der Waals surface area contributed by atoms with Gasteiger partial charge < -0.3 is 19.2 Å². The monoisotopic (exact) mass is 455 g/mol. The number of esters is 2. The predicted octanol–water partition coefficient (Wildman–Crippen LogP) is 4.06. The minimum absolute atomic E-state index is 0.165. The molecule has 1 aliphatic carbocycles. The zero-order chi connectivity index (χ0) is 22.8. The van der Waals surface area contributed by atoms with E-state index in [1.807, 2.05) is 16.8 Å². The van der Waals surface area contributed by atoms with Crippen LogP contribution in [0.15, 0.2) is 62.2 Å². The van der Waals surface area contributed by atoms with Gasteiger partial charge in [-0.1, -0.05) is 0 Å². The Bertz CT molecular complexity index is 1080. The fourth-order valence-electron chi connectivity index (χ4n) is 4.56. The van der Waals surface area contributed by atoms with Crippen LogP contribution in [0.1, 0.15) is 50.4 Å². The standard InChI is InChI=1S/C24H25NO6S/c1-4-29-23(27)18-13(3)25-16-11-15(17-7-6-9-31-17)20(24(28)30-5-2)22(26)21(16)19(18)14-8-10-32-12-14/h6-10,12,15,19-20,25H,4-5,11H2,1-3H3. The van der Waals surface area contributed by atoms with Crippen LogP contribution in [0.25, 0.3) is 0 Å². The molecule has 1 aliphatic heterocycles. The summed E-state index contributed by atoms with van der Waals surface area (Å²) in [5.41, 5.74) is 2.95. The minimum atomic E-state index is -1.05. The van der Waals surface area contributed by atoms with Gasteiger partial charge in [0.1, 0.15) is 11.7 Å². The van der Waals surface area contributed by atoms with E-state index in [0.717, 1.165) is 5.56 Å². The summed E-state index contributed by atoms with van der Waals surface area (Å²) in [6.07, 6.45) is 1.91. The summed E-state index contributed by atoms with van der Waals surface area (Å²) in [6.45, 7) is 5.64. The van der Waals surface area contributed by atoms with Crippen LogP contribution in [-0.2, 0) is 23.9 Å². The predicted molar refractivity (Wildman–Crippen MR) is 118 cm³/mol. The first kappa shape index (κ1) is 22.1. The molecule has 0 saturated carbocycles. The van der Waals surface area contributed by atoms with Gasteiger partial charge in [0.05, 0.1) is 25.1 Å². The van der Waals surface area contributed by atoms with Crippen molar-refractivity contribution in [2.45, 2.75) is 39.0 Å². The highest BCUT2D eigenvalue weighted by molar-refractivity contribution is 7.08. The number of dihydropyridines is 1. The molecule has 1 N–H and O–H groups in total. The van der Waals surface area contributed by atoms with Crippen molar-refractivity contribution in [2.24, 2.45) is 5.92 Å². The van der Waals surface area contributed by atoms with Gasteiger partial charge in [-0.3, -0.25) is 9.59 Å². The van der Waals surface area contributed by atoms with Crippen LogP contribution >= 0.6 is 11.3 Å². The molecule has 32 heavy (non-hydrogen) atoms. The fraction of sp³-hybridized carbons (Fsp3) is 0.375. The Morgan fingerprint density at radius 2 is 2.00 bits per heavy atom. The lowest BCUT2D eigenvalue weighted by Gasteiger charge is -2.38. The number of rotatable bonds is 6. The summed E-state index contributed by atoms with van der Waals surface area (Å²) in [7, 11) is 0. The van der Waals surface area contributed by atoms with Crippen molar-refractivity contribution < 1.29 is 28.3 Å². The van der Waals surface area contributed by atoms with E-state index in [4.69, 9.17) is 13.9 Å². The molecular weight excluding hydrogens is 430 g/mol. The van der Waals surface area contributed by atoms with E-state index in [9.17, 15) is 14.4 Å². The van der Waals surface area contributed by atoms with Crippen molar-refractivity contribution in [2.75, 3.05) is 13.2 Å². The zero-order valence-electron chi connectivity index (χ0n) is 18.2. The highest BCUT2D eigenvalue weighted by Gasteiger charge is 2.49. The smallest absolute Gasteiger partial charge is 0.336 e. The van der Waals surface area contributed by atoms with Gasteiger partial charge in [0, 0.05) is 28.8 Å². The molecule has 0 spiro atoms. The van der Waals surface area contributed by atoms with E-state index in [1.54, 1.807) is 32.9 Å². The van der Waals surface area contributed by atoms with E-state index in [2.05, 4.69) is 5.32 Å². The van der Waals surface area contributed by atoms with E-state index in [0.29, 0.717) is 34.7 Å². The molecule has 4 rings (SSSR count). The molecule has 2 aromatic rings. The van der Waals surface area contributed by atoms with E-state index in [1.165, 1.54) is 17.6 Å². The third-order valence-corrected chi connectivity index (χ3v) is 6.54. The molecule has 168 valence electrons. The normalized spacial score (nSPS) is 23.0. The molecule has 8 heteroatoms. The first-order valence-corrected chi connectivity index (χ1v) is 11.6. The maximum absolute atomic E-state index is 13.9. The molecule has 3 atom stereocenters. The molecule has 2 aliphatic rings. The Balaban J connectivity index is 1.85. The lowest BCUT2D eigenvalue weighted by molar-refractivity contribution is -0.152. The summed E-state index contributed by atoms with van der Waals surface area (Å²) < 4.78 is 16.2. The van der Waals surface area contributed by atoms with Gasteiger partial charge in [0.25, 0.3) is 0 Å². The first-order chi connectivity index (χ1) is 15.5. The average molecular weight is 456 g/mol. The van der Waals surface area contributed by atoms with Crippen molar-refractivity contribution in [1.82, 2.24) is 5.32 Å². The van der Waals surface area contributed by atoms with E-state index >= 15 is 0 Å². The zero-order valence-corrected chi connectivity index (χ0v) is 19.0. The van der Waals surface area contributed by atoms with Crippen molar-refractivity contribution >= 4 is 29.1 Å². The Hall–Kier alpha value is -3.13. The number of ether oxygens (including phenoxy) is 2. The van der Waals surface area contributed by atoms with E-state index < -0.39 is 29.7 Å². The number of nitrogens with one attached hydrogen (secondary N) is 1. The van der Waals surface area contributed by atoms with Crippen LogP contribution in [0.3, 0.4) is 0 Å². The minimum Gasteiger partial charge on any atom is -0.469 e. The van der Waals surface area contributed by atoms with Crippen molar-refractivity contribution in [3.63, 3.8) is 0 Å². The third-order valence-electron chi connectivity index (χ3n) is 5.84. The van der Waals surface area contributed by atoms with E-state index in [-0.39, 0.29) is 19.0 Å².